The molecule has 0 spiro atoms. The summed E-state index contributed by atoms with van der Waals surface area (Å²) >= 11 is 5.94. The Hall–Kier alpha value is -2.31. The third kappa shape index (κ3) is 4.34. The van der Waals surface area contributed by atoms with Crippen molar-refractivity contribution in [2.24, 2.45) is 5.92 Å². The average molecular weight is 393 g/mol. The summed E-state index contributed by atoms with van der Waals surface area (Å²) in [6.07, 6.45) is -0.0714. The van der Waals surface area contributed by atoms with Crippen LogP contribution in [0.25, 0.3) is 11.1 Å². The standard InChI is InChI=1S/C20H22ClFN2O3/c1-23-8-7-13(11-23)12-24(20(25)26)19-6-4-15(27-2)10-16(19)14-3-5-18(22)17(21)9-14/h3-6,9-10,13H,7-8,11-12H2,1-2H3,(H,25,26)/t13-/m1/s1. The molecule has 144 valence electrons. The van der Waals surface area contributed by atoms with Gasteiger partial charge < -0.3 is 14.7 Å². The maximum atomic E-state index is 13.6. The summed E-state index contributed by atoms with van der Waals surface area (Å²) in [7, 11) is 3.57. The fraction of sp³-hybridized carbons (Fsp3) is 0.350. The summed E-state index contributed by atoms with van der Waals surface area (Å²) in [5, 5.41) is 9.83. The Morgan fingerprint density at radius 1 is 1.37 bits per heavy atom. The predicted molar refractivity (Wildman–Crippen MR) is 104 cm³/mol. The van der Waals surface area contributed by atoms with Crippen molar-refractivity contribution in [1.82, 2.24) is 4.90 Å². The van der Waals surface area contributed by atoms with Crippen LogP contribution in [0.2, 0.25) is 5.02 Å². The Labute approximate surface area is 162 Å². The van der Waals surface area contributed by atoms with Gasteiger partial charge in [0.1, 0.15) is 11.6 Å². The molecule has 0 aromatic heterocycles. The van der Waals surface area contributed by atoms with Crippen LogP contribution in [0.4, 0.5) is 14.9 Å². The molecule has 0 aliphatic carbocycles. The molecule has 27 heavy (non-hydrogen) atoms. The monoisotopic (exact) mass is 392 g/mol. The number of benzene rings is 2. The third-order valence-electron chi connectivity index (χ3n) is 4.89. The van der Waals surface area contributed by atoms with Gasteiger partial charge >= 0.3 is 6.09 Å². The highest BCUT2D eigenvalue weighted by Gasteiger charge is 2.27. The van der Waals surface area contributed by atoms with Gasteiger partial charge in [0.25, 0.3) is 0 Å². The Kier molecular flexibility index (Phi) is 5.87. The number of methoxy groups -OCH3 is 1. The highest BCUT2D eigenvalue weighted by atomic mass is 35.5. The average Bonchev–Trinajstić information content (AvgIpc) is 3.06. The van der Waals surface area contributed by atoms with Crippen molar-refractivity contribution in [1.29, 1.82) is 0 Å². The Bertz CT molecular complexity index is 846. The molecule has 0 saturated carbocycles. The number of hydrogen-bond donors (Lipinski definition) is 1. The molecule has 2 aromatic rings. The second-order valence-corrected chi connectivity index (χ2v) is 7.23. The van der Waals surface area contributed by atoms with Crippen LogP contribution in [0.3, 0.4) is 0 Å². The van der Waals surface area contributed by atoms with Gasteiger partial charge in [0.05, 0.1) is 17.8 Å². The second-order valence-electron chi connectivity index (χ2n) is 6.82. The highest BCUT2D eigenvalue weighted by molar-refractivity contribution is 6.31. The number of rotatable bonds is 5. The molecular weight excluding hydrogens is 371 g/mol. The first kappa shape index (κ1) is 19.5. The van der Waals surface area contributed by atoms with Gasteiger partial charge in [-0.2, -0.15) is 0 Å². The van der Waals surface area contributed by atoms with Crippen molar-refractivity contribution in [3.63, 3.8) is 0 Å². The molecule has 5 nitrogen and oxygen atoms in total. The summed E-state index contributed by atoms with van der Waals surface area (Å²) < 4.78 is 18.9. The van der Waals surface area contributed by atoms with Crippen LogP contribution >= 0.6 is 11.6 Å². The predicted octanol–water partition coefficient (Wildman–Crippen LogP) is 4.59. The van der Waals surface area contributed by atoms with Gasteiger partial charge in [0, 0.05) is 18.7 Å². The van der Waals surface area contributed by atoms with Crippen molar-refractivity contribution >= 4 is 23.4 Å². The minimum atomic E-state index is -1.02. The van der Waals surface area contributed by atoms with Crippen molar-refractivity contribution in [2.75, 3.05) is 38.7 Å². The number of hydrogen-bond acceptors (Lipinski definition) is 3. The van der Waals surface area contributed by atoms with Gasteiger partial charge in [-0.05, 0) is 61.8 Å². The topological polar surface area (TPSA) is 53.0 Å². The first-order chi connectivity index (χ1) is 12.9. The van der Waals surface area contributed by atoms with Crippen LogP contribution in [-0.2, 0) is 0 Å². The first-order valence-corrected chi connectivity index (χ1v) is 9.09. The lowest BCUT2D eigenvalue weighted by Crippen LogP contribution is -2.35. The van der Waals surface area contributed by atoms with E-state index in [1.165, 1.54) is 17.0 Å². The first-order valence-electron chi connectivity index (χ1n) is 8.71. The minimum absolute atomic E-state index is 0.0134. The minimum Gasteiger partial charge on any atom is -0.497 e. The number of amides is 1. The maximum absolute atomic E-state index is 13.6. The lowest BCUT2D eigenvalue weighted by atomic mass is 10.0. The third-order valence-corrected chi connectivity index (χ3v) is 5.18. The van der Waals surface area contributed by atoms with E-state index in [4.69, 9.17) is 16.3 Å². The fourth-order valence-electron chi connectivity index (χ4n) is 3.49. The quantitative estimate of drug-likeness (QED) is 0.808. The highest BCUT2D eigenvalue weighted by Crippen LogP contribution is 2.36. The summed E-state index contributed by atoms with van der Waals surface area (Å²) in [6.45, 7) is 2.22. The van der Waals surface area contributed by atoms with Crippen molar-refractivity contribution in [2.45, 2.75) is 6.42 Å². The fourth-order valence-corrected chi connectivity index (χ4v) is 3.67. The molecule has 1 saturated heterocycles. The molecule has 2 aromatic carbocycles. The zero-order chi connectivity index (χ0) is 19.6. The zero-order valence-electron chi connectivity index (χ0n) is 15.3. The van der Waals surface area contributed by atoms with Crippen molar-refractivity contribution < 1.29 is 19.0 Å². The van der Waals surface area contributed by atoms with Crippen LogP contribution in [0.5, 0.6) is 5.75 Å². The number of halogens is 2. The van der Waals surface area contributed by atoms with Gasteiger partial charge in [0.2, 0.25) is 0 Å². The molecular formula is C20H22ClFN2O3. The number of nitrogens with zero attached hydrogens (tertiary/aromatic N) is 2. The zero-order valence-corrected chi connectivity index (χ0v) is 16.0. The molecule has 1 aliphatic rings. The molecule has 7 heteroatoms. The van der Waals surface area contributed by atoms with E-state index in [2.05, 4.69) is 4.90 Å². The molecule has 0 unspecified atom stereocenters. The second kappa shape index (κ2) is 8.15. The largest absolute Gasteiger partial charge is 0.497 e. The van der Waals surface area contributed by atoms with E-state index in [1.807, 2.05) is 7.05 Å². The van der Waals surface area contributed by atoms with E-state index in [1.54, 1.807) is 31.4 Å². The summed E-state index contributed by atoms with van der Waals surface area (Å²) in [4.78, 5) is 15.6. The van der Waals surface area contributed by atoms with E-state index in [0.29, 0.717) is 29.1 Å². The maximum Gasteiger partial charge on any atom is 0.411 e. The summed E-state index contributed by atoms with van der Waals surface area (Å²) in [5.41, 5.74) is 1.79. The number of carboxylic acid groups (broad SMARTS) is 1. The number of carbonyl (C=O) groups is 1. The molecule has 1 amide bonds. The van der Waals surface area contributed by atoms with Gasteiger partial charge in [-0.3, -0.25) is 4.90 Å². The van der Waals surface area contributed by atoms with Crippen molar-refractivity contribution in [3.8, 4) is 16.9 Å². The van der Waals surface area contributed by atoms with Crippen molar-refractivity contribution in [3.05, 3.63) is 47.2 Å². The van der Waals surface area contributed by atoms with E-state index in [9.17, 15) is 14.3 Å². The van der Waals surface area contributed by atoms with Crippen LogP contribution < -0.4 is 9.64 Å². The Morgan fingerprint density at radius 2 is 2.15 bits per heavy atom. The molecule has 1 N–H and O–H groups in total. The van der Waals surface area contributed by atoms with E-state index in [0.717, 1.165) is 19.5 Å². The number of ether oxygens (including phenoxy) is 1. The normalized spacial score (nSPS) is 17.1. The van der Waals surface area contributed by atoms with E-state index >= 15 is 0 Å². The molecule has 1 heterocycles. The van der Waals surface area contributed by atoms with Crippen LogP contribution in [0.15, 0.2) is 36.4 Å². The molecule has 0 bridgehead atoms. The van der Waals surface area contributed by atoms with E-state index in [-0.39, 0.29) is 10.9 Å². The summed E-state index contributed by atoms with van der Waals surface area (Å²) in [5.74, 6) is 0.326. The molecule has 0 radical (unpaired) electrons. The van der Waals surface area contributed by atoms with Gasteiger partial charge in [-0.1, -0.05) is 17.7 Å². The Balaban J connectivity index is 2.03. The SMILES string of the molecule is COc1ccc(N(C[C@@H]2CCN(C)C2)C(=O)O)c(-c2ccc(F)c(Cl)c2)c1. The lowest BCUT2D eigenvalue weighted by Gasteiger charge is -2.26. The van der Waals surface area contributed by atoms with Gasteiger partial charge in [0.15, 0.2) is 0 Å². The Morgan fingerprint density at radius 3 is 2.74 bits per heavy atom. The number of likely N-dealkylation sites (tertiary alicyclic amines) is 1. The van der Waals surface area contributed by atoms with Gasteiger partial charge in [-0.25, -0.2) is 9.18 Å². The van der Waals surface area contributed by atoms with Crippen LogP contribution in [-0.4, -0.2) is 49.9 Å². The molecule has 1 atom stereocenters. The smallest absolute Gasteiger partial charge is 0.411 e. The van der Waals surface area contributed by atoms with Crippen LogP contribution in [0, 0.1) is 11.7 Å². The lowest BCUT2D eigenvalue weighted by molar-refractivity contribution is 0.200. The molecule has 1 fully saturated rings. The molecule has 3 rings (SSSR count). The van der Waals surface area contributed by atoms with E-state index < -0.39 is 11.9 Å². The molecule has 1 aliphatic heterocycles. The van der Waals surface area contributed by atoms with Crippen LogP contribution in [0.1, 0.15) is 6.42 Å². The summed E-state index contributed by atoms with van der Waals surface area (Å²) in [6, 6.07) is 9.55. The van der Waals surface area contributed by atoms with Gasteiger partial charge in [-0.15, -0.1) is 0 Å². The number of anilines is 1.